The summed E-state index contributed by atoms with van der Waals surface area (Å²) < 4.78 is 27.5. The largest absolute Gasteiger partial charge is 0.480 e. The van der Waals surface area contributed by atoms with Gasteiger partial charge >= 0.3 is 5.97 Å². The number of carboxylic acids is 1. The molecule has 0 unspecified atom stereocenters. The van der Waals surface area contributed by atoms with E-state index in [1.807, 2.05) is 0 Å². The number of rotatable bonds is 6. The van der Waals surface area contributed by atoms with Crippen LogP contribution in [0.1, 0.15) is 5.56 Å². The highest BCUT2D eigenvalue weighted by Gasteiger charge is 2.17. The standard InChI is InChI=1S/C12H13N3O5S/c16-8-9-1-3-10(4-2-9)14-21(19,20)11-5-13-15(6-11)7-12(17)18/h1-6,14,16H,7-8H2,(H,17,18). The lowest BCUT2D eigenvalue weighted by Gasteiger charge is -2.06. The SMILES string of the molecule is O=C(O)Cn1cc(S(=O)(=O)Nc2ccc(CO)cc2)cn1. The molecular formula is C12H13N3O5S. The van der Waals surface area contributed by atoms with Crippen LogP contribution >= 0.6 is 0 Å². The van der Waals surface area contributed by atoms with Gasteiger partial charge in [-0.25, -0.2) is 8.42 Å². The predicted molar refractivity (Wildman–Crippen MR) is 73.0 cm³/mol. The smallest absolute Gasteiger partial charge is 0.325 e. The number of aliphatic hydroxyl groups is 1. The van der Waals surface area contributed by atoms with Crippen molar-refractivity contribution >= 4 is 21.7 Å². The summed E-state index contributed by atoms with van der Waals surface area (Å²) in [5, 5.41) is 21.2. The number of hydrogen-bond acceptors (Lipinski definition) is 5. The van der Waals surface area contributed by atoms with Crippen molar-refractivity contribution in [2.24, 2.45) is 0 Å². The van der Waals surface area contributed by atoms with Crippen LogP contribution in [0.15, 0.2) is 41.6 Å². The van der Waals surface area contributed by atoms with Gasteiger partial charge in [0.05, 0.1) is 12.8 Å². The molecule has 2 rings (SSSR count). The predicted octanol–water partition coefficient (Wildman–Crippen LogP) is 0.261. The summed E-state index contributed by atoms with van der Waals surface area (Å²) in [5.41, 5.74) is 0.991. The van der Waals surface area contributed by atoms with Crippen molar-refractivity contribution < 1.29 is 23.4 Å². The topological polar surface area (TPSA) is 122 Å². The van der Waals surface area contributed by atoms with Crippen LogP contribution in [0.4, 0.5) is 5.69 Å². The van der Waals surface area contributed by atoms with Crippen LogP contribution in [0.2, 0.25) is 0 Å². The van der Waals surface area contributed by atoms with Gasteiger partial charge in [-0.15, -0.1) is 0 Å². The molecule has 8 nitrogen and oxygen atoms in total. The van der Waals surface area contributed by atoms with E-state index in [-0.39, 0.29) is 11.5 Å². The Balaban J connectivity index is 2.17. The molecule has 0 radical (unpaired) electrons. The number of aliphatic hydroxyl groups excluding tert-OH is 1. The molecule has 0 fully saturated rings. The average molecular weight is 311 g/mol. The van der Waals surface area contributed by atoms with Gasteiger partial charge in [-0.05, 0) is 17.7 Å². The summed E-state index contributed by atoms with van der Waals surface area (Å²) >= 11 is 0. The van der Waals surface area contributed by atoms with Crippen molar-refractivity contribution in [3.05, 3.63) is 42.2 Å². The van der Waals surface area contributed by atoms with Crippen LogP contribution in [0.25, 0.3) is 0 Å². The third-order valence-electron chi connectivity index (χ3n) is 2.61. The first-order valence-electron chi connectivity index (χ1n) is 5.87. The summed E-state index contributed by atoms with van der Waals surface area (Å²) in [4.78, 5) is 10.4. The van der Waals surface area contributed by atoms with Crippen molar-refractivity contribution in [1.82, 2.24) is 9.78 Å². The number of nitrogens with zero attached hydrogens (tertiary/aromatic N) is 2. The first kappa shape index (κ1) is 15.0. The molecule has 0 aliphatic carbocycles. The molecule has 0 atom stereocenters. The van der Waals surface area contributed by atoms with Crippen LogP contribution in [0, 0.1) is 0 Å². The molecule has 0 bridgehead atoms. The number of hydrogen-bond donors (Lipinski definition) is 3. The van der Waals surface area contributed by atoms with E-state index in [2.05, 4.69) is 9.82 Å². The molecule has 0 aliphatic rings. The Kier molecular flexibility index (Phi) is 4.24. The van der Waals surface area contributed by atoms with E-state index in [1.54, 1.807) is 12.1 Å². The quantitative estimate of drug-likeness (QED) is 0.703. The lowest BCUT2D eigenvalue weighted by atomic mass is 10.2. The Morgan fingerprint density at radius 3 is 2.52 bits per heavy atom. The summed E-state index contributed by atoms with van der Waals surface area (Å²) in [6.45, 7) is -0.546. The van der Waals surface area contributed by atoms with Crippen LogP contribution in [-0.2, 0) is 28.0 Å². The van der Waals surface area contributed by atoms with Gasteiger partial charge in [-0.1, -0.05) is 12.1 Å². The molecule has 0 amide bonds. The van der Waals surface area contributed by atoms with Gasteiger partial charge in [-0.2, -0.15) is 5.10 Å². The molecule has 0 saturated heterocycles. The second kappa shape index (κ2) is 5.94. The summed E-state index contributed by atoms with van der Waals surface area (Å²) in [6, 6.07) is 6.22. The van der Waals surface area contributed by atoms with Gasteiger partial charge < -0.3 is 10.2 Å². The Labute approximate surface area is 120 Å². The zero-order valence-corrected chi connectivity index (χ0v) is 11.6. The van der Waals surface area contributed by atoms with Gasteiger partial charge in [-0.3, -0.25) is 14.2 Å². The first-order valence-corrected chi connectivity index (χ1v) is 7.36. The van der Waals surface area contributed by atoms with Gasteiger partial charge in [0.15, 0.2) is 0 Å². The first-order chi connectivity index (χ1) is 9.90. The average Bonchev–Trinajstić information content (AvgIpc) is 2.88. The molecule has 1 aromatic heterocycles. The summed E-state index contributed by atoms with van der Waals surface area (Å²) in [6.07, 6.45) is 2.21. The van der Waals surface area contributed by atoms with E-state index in [0.717, 1.165) is 17.1 Å². The monoisotopic (exact) mass is 311 g/mol. The van der Waals surface area contributed by atoms with E-state index in [0.29, 0.717) is 11.3 Å². The third-order valence-corrected chi connectivity index (χ3v) is 3.94. The van der Waals surface area contributed by atoms with Crippen LogP contribution in [-0.4, -0.2) is 34.4 Å². The normalized spacial score (nSPS) is 11.3. The number of anilines is 1. The lowest BCUT2D eigenvalue weighted by molar-refractivity contribution is -0.137. The Hall–Kier alpha value is -2.39. The number of carboxylic acid groups (broad SMARTS) is 1. The van der Waals surface area contributed by atoms with Gasteiger partial charge in [0.1, 0.15) is 11.4 Å². The maximum Gasteiger partial charge on any atom is 0.325 e. The Bertz CT molecular complexity index is 737. The van der Waals surface area contributed by atoms with E-state index >= 15 is 0 Å². The summed E-state index contributed by atoms with van der Waals surface area (Å²) in [5.74, 6) is -1.12. The van der Waals surface area contributed by atoms with Crippen molar-refractivity contribution in [3.8, 4) is 0 Å². The van der Waals surface area contributed by atoms with Crippen molar-refractivity contribution in [1.29, 1.82) is 0 Å². The second-order valence-corrected chi connectivity index (χ2v) is 5.91. The number of benzene rings is 1. The number of carbonyl (C=O) groups is 1. The fourth-order valence-electron chi connectivity index (χ4n) is 1.60. The summed E-state index contributed by atoms with van der Waals surface area (Å²) in [7, 11) is -3.84. The van der Waals surface area contributed by atoms with Gasteiger partial charge in [0.2, 0.25) is 0 Å². The van der Waals surface area contributed by atoms with Crippen molar-refractivity contribution in [3.63, 3.8) is 0 Å². The molecule has 0 aliphatic heterocycles. The Morgan fingerprint density at radius 1 is 1.29 bits per heavy atom. The molecule has 2 aromatic rings. The van der Waals surface area contributed by atoms with Crippen molar-refractivity contribution in [2.45, 2.75) is 18.0 Å². The maximum atomic E-state index is 12.1. The molecule has 112 valence electrons. The molecule has 0 saturated carbocycles. The van der Waals surface area contributed by atoms with Crippen LogP contribution < -0.4 is 4.72 Å². The number of nitrogens with one attached hydrogen (secondary N) is 1. The minimum absolute atomic E-state index is 0.130. The van der Waals surface area contributed by atoms with Crippen LogP contribution in [0.3, 0.4) is 0 Å². The maximum absolute atomic E-state index is 12.1. The van der Waals surface area contributed by atoms with E-state index in [1.165, 1.54) is 12.1 Å². The van der Waals surface area contributed by atoms with Gasteiger partial charge in [0, 0.05) is 11.9 Å². The minimum atomic E-state index is -3.84. The van der Waals surface area contributed by atoms with E-state index in [9.17, 15) is 13.2 Å². The fraction of sp³-hybridized carbons (Fsp3) is 0.167. The zero-order chi connectivity index (χ0) is 15.5. The lowest BCUT2D eigenvalue weighted by Crippen LogP contribution is -2.13. The van der Waals surface area contributed by atoms with Crippen molar-refractivity contribution in [2.75, 3.05) is 4.72 Å². The molecule has 1 aromatic carbocycles. The zero-order valence-electron chi connectivity index (χ0n) is 10.8. The highest BCUT2D eigenvalue weighted by Crippen LogP contribution is 2.16. The molecular weight excluding hydrogens is 298 g/mol. The third kappa shape index (κ3) is 3.80. The Morgan fingerprint density at radius 2 is 1.95 bits per heavy atom. The molecule has 21 heavy (non-hydrogen) atoms. The second-order valence-electron chi connectivity index (χ2n) is 4.23. The highest BCUT2D eigenvalue weighted by atomic mass is 32.2. The molecule has 9 heteroatoms. The molecule has 3 N–H and O–H groups in total. The number of aliphatic carboxylic acids is 1. The number of sulfonamides is 1. The number of aromatic nitrogens is 2. The molecule has 0 spiro atoms. The van der Waals surface area contributed by atoms with Gasteiger partial charge in [0.25, 0.3) is 10.0 Å². The molecule has 1 heterocycles. The minimum Gasteiger partial charge on any atom is -0.480 e. The fourth-order valence-corrected chi connectivity index (χ4v) is 2.61. The van der Waals surface area contributed by atoms with E-state index in [4.69, 9.17) is 10.2 Å². The highest BCUT2D eigenvalue weighted by molar-refractivity contribution is 7.92. The van der Waals surface area contributed by atoms with Crippen LogP contribution in [0.5, 0.6) is 0 Å². The van der Waals surface area contributed by atoms with E-state index < -0.39 is 22.5 Å².